The number of carbonyl (C=O) groups is 2. The van der Waals surface area contributed by atoms with E-state index in [1.165, 1.54) is 11.8 Å². The van der Waals surface area contributed by atoms with E-state index < -0.39 is 0 Å². The molecule has 4 aromatic rings. The van der Waals surface area contributed by atoms with Gasteiger partial charge in [-0.2, -0.15) is 5.10 Å². The maximum Gasteiger partial charge on any atom is 0.251 e. The number of amides is 2. The second kappa shape index (κ2) is 8.94. The third-order valence-corrected chi connectivity index (χ3v) is 7.76. The standard InChI is InChI=1S/C26H24N6O3S/c1-31-21-12-15(3-7-22(21)36-14-24(31)33)26(34)28-17-4-5-18-16(11-17)13-32(30-18)20-9-10-27-19-6-8-23(35-2)29-25(19)20/h3,6-10,12-13,17H,4-5,11,14H2,1-2H3,(H,28,34). The third kappa shape index (κ3) is 3.97. The van der Waals surface area contributed by atoms with Crippen molar-refractivity contribution in [2.24, 2.45) is 0 Å². The van der Waals surface area contributed by atoms with Gasteiger partial charge in [0.25, 0.3) is 5.91 Å². The summed E-state index contributed by atoms with van der Waals surface area (Å²) < 4.78 is 7.14. The van der Waals surface area contributed by atoms with Crippen LogP contribution in [0.1, 0.15) is 28.0 Å². The monoisotopic (exact) mass is 500 g/mol. The fraction of sp³-hybridized carbons (Fsp3) is 0.269. The van der Waals surface area contributed by atoms with E-state index in [-0.39, 0.29) is 17.9 Å². The number of hydrogen-bond donors (Lipinski definition) is 1. The predicted octanol–water partition coefficient (Wildman–Crippen LogP) is 3.18. The van der Waals surface area contributed by atoms with Crippen LogP contribution in [0, 0.1) is 0 Å². The first-order valence-corrected chi connectivity index (χ1v) is 12.7. The Hall–Kier alpha value is -3.92. The molecular weight excluding hydrogens is 476 g/mol. The SMILES string of the molecule is COc1ccc2nccc(-n3cc4c(n3)CCC(NC(=O)c3ccc5c(c3)N(C)C(=O)CS5)C4)c2n1. The van der Waals surface area contributed by atoms with Crippen molar-refractivity contribution in [3.63, 3.8) is 0 Å². The first kappa shape index (κ1) is 22.5. The number of pyridine rings is 2. The van der Waals surface area contributed by atoms with Gasteiger partial charge < -0.3 is 15.0 Å². The minimum Gasteiger partial charge on any atom is -0.481 e. The molecular formula is C26H24N6O3S. The van der Waals surface area contributed by atoms with Crippen molar-refractivity contribution < 1.29 is 14.3 Å². The van der Waals surface area contributed by atoms with Gasteiger partial charge in [-0.05, 0) is 55.2 Å². The van der Waals surface area contributed by atoms with Gasteiger partial charge in [-0.3, -0.25) is 14.6 Å². The number of nitrogens with one attached hydrogen (secondary N) is 1. The highest BCUT2D eigenvalue weighted by Gasteiger charge is 2.26. The van der Waals surface area contributed by atoms with Crippen molar-refractivity contribution in [3.05, 3.63) is 65.6 Å². The van der Waals surface area contributed by atoms with Crippen LogP contribution in [0.4, 0.5) is 5.69 Å². The summed E-state index contributed by atoms with van der Waals surface area (Å²) in [5.41, 5.74) is 5.79. The van der Waals surface area contributed by atoms with E-state index in [9.17, 15) is 9.59 Å². The maximum atomic E-state index is 13.1. The number of anilines is 1. The number of methoxy groups -OCH3 is 1. The molecule has 1 aliphatic carbocycles. The predicted molar refractivity (Wildman–Crippen MR) is 137 cm³/mol. The zero-order valence-electron chi connectivity index (χ0n) is 19.9. The summed E-state index contributed by atoms with van der Waals surface area (Å²) in [7, 11) is 3.34. The summed E-state index contributed by atoms with van der Waals surface area (Å²) in [4.78, 5) is 36.7. The highest BCUT2D eigenvalue weighted by Crippen LogP contribution is 2.35. The van der Waals surface area contributed by atoms with Crippen molar-refractivity contribution in [1.29, 1.82) is 0 Å². The molecule has 3 aromatic heterocycles. The van der Waals surface area contributed by atoms with Gasteiger partial charge in [0.2, 0.25) is 11.8 Å². The first-order valence-electron chi connectivity index (χ1n) is 11.7. The van der Waals surface area contributed by atoms with E-state index in [4.69, 9.17) is 9.84 Å². The maximum absolute atomic E-state index is 13.1. The van der Waals surface area contributed by atoms with Gasteiger partial charge in [0.05, 0.1) is 35.4 Å². The van der Waals surface area contributed by atoms with E-state index in [0.29, 0.717) is 23.6 Å². The Morgan fingerprint density at radius 1 is 1.19 bits per heavy atom. The van der Waals surface area contributed by atoms with Crippen LogP contribution < -0.4 is 15.0 Å². The molecule has 0 saturated carbocycles. The van der Waals surface area contributed by atoms with Gasteiger partial charge in [0.1, 0.15) is 5.52 Å². The normalized spacial score (nSPS) is 17.0. The lowest BCUT2D eigenvalue weighted by molar-refractivity contribution is -0.116. The van der Waals surface area contributed by atoms with Crippen LogP contribution >= 0.6 is 11.8 Å². The van der Waals surface area contributed by atoms with Crippen molar-refractivity contribution in [2.75, 3.05) is 24.8 Å². The zero-order chi connectivity index (χ0) is 24.8. The van der Waals surface area contributed by atoms with Crippen LogP contribution in [0.3, 0.4) is 0 Å². The molecule has 0 radical (unpaired) electrons. The lowest BCUT2D eigenvalue weighted by Crippen LogP contribution is -2.39. The number of benzene rings is 1. The zero-order valence-corrected chi connectivity index (χ0v) is 20.7. The lowest BCUT2D eigenvalue weighted by Gasteiger charge is -2.26. The molecule has 0 saturated heterocycles. The largest absolute Gasteiger partial charge is 0.481 e. The Kier molecular flexibility index (Phi) is 5.60. The number of rotatable bonds is 4. The molecule has 1 N–H and O–H groups in total. The molecule has 2 amide bonds. The number of hydrogen-bond acceptors (Lipinski definition) is 7. The number of nitrogens with zero attached hydrogens (tertiary/aromatic N) is 5. The molecule has 9 nitrogen and oxygen atoms in total. The summed E-state index contributed by atoms with van der Waals surface area (Å²) in [6.45, 7) is 0. The summed E-state index contributed by atoms with van der Waals surface area (Å²) in [6, 6.07) is 11.1. The number of thioether (sulfide) groups is 1. The van der Waals surface area contributed by atoms with E-state index in [2.05, 4.69) is 15.3 Å². The van der Waals surface area contributed by atoms with Crippen molar-refractivity contribution >= 4 is 40.3 Å². The Balaban J connectivity index is 1.22. The quantitative estimate of drug-likeness (QED) is 0.459. The Bertz CT molecular complexity index is 1520. The average Bonchev–Trinajstić information content (AvgIpc) is 3.33. The van der Waals surface area contributed by atoms with Gasteiger partial charge in [0, 0.05) is 42.0 Å². The Morgan fingerprint density at radius 2 is 2.08 bits per heavy atom. The fourth-order valence-electron chi connectivity index (χ4n) is 4.73. The molecule has 1 aliphatic heterocycles. The van der Waals surface area contributed by atoms with Crippen LogP contribution in [0.25, 0.3) is 16.7 Å². The highest BCUT2D eigenvalue weighted by atomic mass is 32.2. The van der Waals surface area contributed by atoms with E-state index >= 15 is 0 Å². The molecule has 1 aromatic carbocycles. The topological polar surface area (TPSA) is 102 Å². The van der Waals surface area contributed by atoms with Gasteiger partial charge in [-0.25, -0.2) is 9.67 Å². The van der Waals surface area contributed by atoms with Gasteiger partial charge in [-0.1, -0.05) is 0 Å². The molecule has 1 unspecified atom stereocenters. The number of fused-ring (bicyclic) bond motifs is 3. The molecule has 0 fully saturated rings. The van der Waals surface area contributed by atoms with Gasteiger partial charge in [0.15, 0.2) is 0 Å². The summed E-state index contributed by atoms with van der Waals surface area (Å²) >= 11 is 1.50. The summed E-state index contributed by atoms with van der Waals surface area (Å²) in [5, 5.41) is 8.00. The number of aryl methyl sites for hydroxylation is 1. The fourth-order valence-corrected chi connectivity index (χ4v) is 5.71. The molecule has 36 heavy (non-hydrogen) atoms. The van der Waals surface area contributed by atoms with Crippen molar-refractivity contribution in [3.8, 4) is 11.6 Å². The van der Waals surface area contributed by atoms with E-state index in [0.717, 1.165) is 51.4 Å². The summed E-state index contributed by atoms with van der Waals surface area (Å²) in [5.74, 6) is 0.850. The molecule has 4 heterocycles. The van der Waals surface area contributed by atoms with Crippen LogP contribution in [0.2, 0.25) is 0 Å². The summed E-state index contributed by atoms with van der Waals surface area (Å²) in [6.07, 6.45) is 6.03. The molecule has 182 valence electrons. The first-order chi connectivity index (χ1) is 17.5. The van der Waals surface area contributed by atoms with Crippen molar-refractivity contribution in [1.82, 2.24) is 25.1 Å². The second-order valence-corrected chi connectivity index (χ2v) is 9.95. The highest BCUT2D eigenvalue weighted by molar-refractivity contribution is 8.00. The van der Waals surface area contributed by atoms with Crippen LogP contribution in [-0.2, 0) is 17.6 Å². The number of ether oxygens (including phenoxy) is 1. The van der Waals surface area contributed by atoms with Gasteiger partial charge >= 0.3 is 0 Å². The Labute approximate surface area is 211 Å². The average molecular weight is 501 g/mol. The Morgan fingerprint density at radius 3 is 2.94 bits per heavy atom. The van der Waals surface area contributed by atoms with Crippen LogP contribution in [-0.4, -0.2) is 57.5 Å². The minimum absolute atomic E-state index is 0.000165. The lowest BCUT2D eigenvalue weighted by atomic mass is 9.93. The number of aromatic nitrogens is 4. The third-order valence-electron chi connectivity index (χ3n) is 6.71. The molecule has 1 atom stereocenters. The smallest absolute Gasteiger partial charge is 0.251 e. The molecule has 0 bridgehead atoms. The molecule has 6 rings (SSSR count). The van der Waals surface area contributed by atoms with E-state index in [1.807, 2.05) is 35.1 Å². The van der Waals surface area contributed by atoms with Gasteiger partial charge in [-0.15, -0.1) is 11.8 Å². The number of carbonyl (C=O) groups excluding carboxylic acids is 2. The van der Waals surface area contributed by atoms with Crippen LogP contribution in [0.5, 0.6) is 5.88 Å². The molecule has 2 aliphatic rings. The van der Waals surface area contributed by atoms with E-state index in [1.54, 1.807) is 37.4 Å². The molecule has 0 spiro atoms. The molecule has 10 heteroatoms. The van der Waals surface area contributed by atoms with Crippen LogP contribution in [0.15, 0.2) is 53.7 Å². The second-order valence-electron chi connectivity index (χ2n) is 8.93. The van der Waals surface area contributed by atoms with Crippen molar-refractivity contribution in [2.45, 2.75) is 30.2 Å². The minimum atomic E-state index is -0.133.